The minimum absolute atomic E-state index is 0.0255. The van der Waals surface area contributed by atoms with Crippen LogP contribution in [0.25, 0.3) is 0 Å². The lowest BCUT2D eigenvalue weighted by Gasteiger charge is -2.30. The Kier molecular flexibility index (Phi) is 44.6. The zero-order valence-electron chi connectivity index (χ0n) is 58.1. The molecule has 0 aliphatic heterocycles. The van der Waals surface area contributed by atoms with E-state index < -0.39 is 193 Å². The van der Waals surface area contributed by atoms with Gasteiger partial charge in [0.15, 0.2) is 0 Å². The molecule has 95 heavy (non-hydrogen) atoms. The number of amides is 13. The van der Waals surface area contributed by atoms with Gasteiger partial charge in [-0.3, -0.25) is 67.1 Å². The zero-order chi connectivity index (χ0) is 72.3. The number of hydrogen-bond donors (Lipinski definition) is 16. The summed E-state index contributed by atoms with van der Waals surface area (Å²) < 4.78 is 0. The molecule has 13 amide bonds. The van der Waals surface area contributed by atoms with E-state index in [1.54, 1.807) is 41.5 Å². The van der Waals surface area contributed by atoms with Crippen molar-refractivity contribution in [2.45, 2.75) is 272 Å². The summed E-state index contributed by atoms with van der Waals surface area (Å²) in [7, 11) is 0. The first-order chi connectivity index (χ1) is 44.7. The highest BCUT2D eigenvalue weighted by Crippen LogP contribution is 2.15. The van der Waals surface area contributed by atoms with Crippen LogP contribution in [0.1, 0.15) is 212 Å². The number of unbranched alkanes of at least 4 members (excludes halogenated alkanes) is 13. The van der Waals surface area contributed by atoms with Gasteiger partial charge in [-0.1, -0.05) is 132 Å². The highest BCUT2D eigenvalue weighted by Gasteiger charge is 2.36. The Labute approximate surface area is 559 Å². The Bertz CT molecular complexity index is 2500. The summed E-state index contributed by atoms with van der Waals surface area (Å²) in [6.45, 7) is 16.9. The van der Waals surface area contributed by atoms with Gasteiger partial charge in [-0.25, -0.2) is 4.79 Å². The summed E-state index contributed by atoms with van der Waals surface area (Å²) in [5.74, 6) is -14.4. The predicted octanol–water partition coefficient (Wildman–Crippen LogP) is 0.200. The Hall–Kier alpha value is -7.99. The fourth-order valence-corrected chi connectivity index (χ4v) is 9.41. The van der Waals surface area contributed by atoms with E-state index in [9.17, 15) is 82.1 Å². The largest absolute Gasteiger partial charge is 0.481 e. The molecule has 0 rings (SSSR count). The Morgan fingerprint density at radius 3 is 1.15 bits per heavy atom. The molecule has 0 aromatic heterocycles. The van der Waals surface area contributed by atoms with E-state index in [1.165, 1.54) is 92.4 Å². The molecule has 0 fully saturated rings. The molecule has 0 spiro atoms. The molecule has 0 bridgehead atoms. The summed E-state index contributed by atoms with van der Waals surface area (Å²) in [4.78, 5) is 194. The highest BCUT2D eigenvalue weighted by atomic mass is 16.4. The summed E-state index contributed by atoms with van der Waals surface area (Å²) >= 11 is 0. The van der Waals surface area contributed by atoms with Crippen molar-refractivity contribution < 1.29 is 82.1 Å². The fraction of sp³-hybridized carbons (Fsp3) is 0.766. The van der Waals surface area contributed by atoms with Crippen molar-refractivity contribution in [3.05, 3.63) is 0 Å². The minimum atomic E-state index is -1.57. The van der Waals surface area contributed by atoms with Crippen LogP contribution in [0.5, 0.6) is 0 Å². The van der Waals surface area contributed by atoms with Crippen molar-refractivity contribution in [1.82, 2.24) is 69.1 Å². The Balaban J connectivity index is 5.34. The lowest BCUT2D eigenvalue weighted by Crippen LogP contribution is -2.61. The maximum Gasteiger partial charge on any atom is 0.326 e. The lowest BCUT2D eigenvalue weighted by molar-refractivity contribution is -0.143. The molecule has 0 unspecified atom stereocenters. The SMILES string of the molecule is CCCCCCCCCCCCCCCC(=O)N[C@@H](C)C(=O)N[C@@H](C)C(=O)N[C@@H](C)C(=O)N[C@@H](C)C(=O)NCC(=O)NCC(=O)NCC(=O)N[C@@H](CCC(=O)O)C(=O)N[C@H](C(=O)N[C@@H](CCCCN)C(=O)N[C@H](C(=O)N[C@@H](C)C(=O)N[C@H](C(=O)O)C(C)C)C(C)C)[C@@H](C)CC. The molecular formula is C64H114N14O17. The molecule has 0 heterocycles. The average Bonchev–Trinajstić information content (AvgIpc) is 0.905. The van der Waals surface area contributed by atoms with Gasteiger partial charge in [0.1, 0.15) is 60.4 Å². The molecule has 0 aliphatic carbocycles. The van der Waals surface area contributed by atoms with Gasteiger partial charge >= 0.3 is 11.9 Å². The number of nitrogens with two attached hydrogens (primary N) is 1. The van der Waals surface area contributed by atoms with E-state index in [0.717, 1.165) is 19.3 Å². The van der Waals surface area contributed by atoms with Gasteiger partial charge in [-0.05, 0) is 91.0 Å². The highest BCUT2D eigenvalue weighted by molar-refractivity contribution is 5.99. The van der Waals surface area contributed by atoms with Crippen LogP contribution < -0.4 is 74.9 Å². The van der Waals surface area contributed by atoms with Crippen LogP contribution in [0.15, 0.2) is 0 Å². The number of nitrogens with one attached hydrogen (secondary N) is 13. The van der Waals surface area contributed by atoms with Gasteiger partial charge in [0, 0.05) is 12.8 Å². The number of carbonyl (C=O) groups is 15. The van der Waals surface area contributed by atoms with E-state index in [-0.39, 0.29) is 25.3 Å². The van der Waals surface area contributed by atoms with Crippen molar-refractivity contribution in [3.63, 3.8) is 0 Å². The van der Waals surface area contributed by atoms with Gasteiger partial charge in [0.25, 0.3) is 0 Å². The van der Waals surface area contributed by atoms with Crippen molar-refractivity contribution in [1.29, 1.82) is 0 Å². The first-order valence-electron chi connectivity index (χ1n) is 33.7. The maximum absolute atomic E-state index is 14.1. The molecule has 0 aliphatic rings. The minimum Gasteiger partial charge on any atom is -0.481 e. The third-order valence-electron chi connectivity index (χ3n) is 15.8. The van der Waals surface area contributed by atoms with Crippen LogP contribution in [0.2, 0.25) is 0 Å². The van der Waals surface area contributed by atoms with Crippen LogP contribution in [-0.2, 0) is 71.9 Å². The summed E-state index contributed by atoms with van der Waals surface area (Å²) in [6.07, 6.45) is 15.5. The topological polar surface area (TPSA) is 479 Å². The van der Waals surface area contributed by atoms with Gasteiger partial charge in [0.2, 0.25) is 76.8 Å². The summed E-state index contributed by atoms with van der Waals surface area (Å²) in [5, 5.41) is 50.7. The van der Waals surface area contributed by atoms with E-state index in [4.69, 9.17) is 5.73 Å². The molecule has 0 aromatic rings. The third kappa shape index (κ3) is 38.2. The molecule has 0 saturated carbocycles. The number of carboxylic acids is 2. The van der Waals surface area contributed by atoms with Crippen LogP contribution in [-0.4, -0.2) is 186 Å². The molecule has 0 saturated heterocycles. The second kappa shape index (κ2) is 48.7. The third-order valence-corrected chi connectivity index (χ3v) is 15.8. The standard InChI is InChI=1S/C64H114N14O17/c1-13-15-16-17-18-19-20-21-22-23-24-25-26-30-47(79)69-41(9)56(86)71-43(11)58(88)72-42(10)57(87)70-40(8)55(85)68-35-49(81)66-34-48(80)67-36-50(82)74-46(31-32-51(83)84)61(91)78-54(39(7)14-2)63(93)75-45(29-27-28-33-65)60(90)76-52(37(3)4)62(92)73-44(12)59(89)77-53(38(5)6)64(94)95/h37-46,52-54H,13-36,65H2,1-12H3,(H,66,81)(H,67,80)(H,68,85)(H,69,79)(H,70,87)(H,71,86)(H,72,88)(H,73,92)(H,74,82)(H,75,93)(H,76,90)(H,77,89)(H,78,91)(H,83,84)(H,94,95)/t39-,40-,41-,42-,43-,44-,45-,46-,52-,53-,54-/m0/s1. The number of carbonyl (C=O) groups excluding carboxylic acids is 13. The molecular weight excluding hydrogens is 1240 g/mol. The molecule has 0 aromatic carbocycles. The first-order valence-corrected chi connectivity index (χ1v) is 33.7. The molecule has 31 heteroatoms. The predicted molar refractivity (Wildman–Crippen MR) is 354 cm³/mol. The van der Waals surface area contributed by atoms with Crippen LogP contribution in [0, 0.1) is 17.8 Å². The number of rotatable bonds is 51. The fourth-order valence-electron chi connectivity index (χ4n) is 9.41. The first kappa shape index (κ1) is 87.0. The van der Waals surface area contributed by atoms with Crippen molar-refractivity contribution in [2.75, 3.05) is 26.2 Å². The second-order valence-corrected chi connectivity index (χ2v) is 25.0. The maximum atomic E-state index is 14.1. The normalized spacial score (nSPS) is 14.6. The van der Waals surface area contributed by atoms with Crippen LogP contribution >= 0.6 is 0 Å². The second-order valence-electron chi connectivity index (χ2n) is 25.0. The van der Waals surface area contributed by atoms with Gasteiger partial charge in [-0.2, -0.15) is 0 Å². The quantitative estimate of drug-likeness (QED) is 0.0362. The lowest BCUT2D eigenvalue weighted by atomic mass is 9.96. The van der Waals surface area contributed by atoms with Gasteiger partial charge < -0.3 is 85.1 Å². The van der Waals surface area contributed by atoms with E-state index >= 15 is 0 Å². The zero-order valence-corrected chi connectivity index (χ0v) is 58.1. The van der Waals surface area contributed by atoms with Crippen molar-refractivity contribution in [3.8, 4) is 0 Å². The van der Waals surface area contributed by atoms with E-state index in [1.807, 2.05) is 0 Å². The molecule has 17 N–H and O–H groups in total. The van der Waals surface area contributed by atoms with Crippen LogP contribution in [0.3, 0.4) is 0 Å². The molecule has 542 valence electrons. The number of carboxylic acid groups (broad SMARTS) is 2. The average molecular weight is 1350 g/mol. The molecule has 0 radical (unpaired) electrons. The number of aliphatic carboxylic acids is 2. The van der Waals surface area contributed by atoms with E-state index in [0.29, 0.717) is 25.7 Å². The monoisotopic (exact) mass is 1350 g/mol. The number of hydrogen-bond acceptors (Lipinski definition) is 16. The summed E-state index contributed by atoms with van der Waals surface area (Å²) in [5.41, 5.74) is 5.71. The van der Waals surface area contributed by atoms with Gasteiger partial charge in [-0.15, -0.1) is 0 Å². The molecule has 31 nitrogen and oxygen atoms in total. The molecule has 11 atom stereocenters. The van der Waals surface area contributed by atoms with Gasteiger partial charge in [0.05, 0.1) is 19.6 Å². The van der Waals surface area contributed by atoms with Crippen molar-refractivity contribution in [2.24, 2.45) is 23.5 Å². The van der Waals surface area contributed by atoms with E-state index in [2.05, 4.69) is 76.0 Å². The Morgan fingerprint density at radius 2 is 0.705 bits per heavy atom. The van der Waals surface area contributed by atoms with Crippen molar-refractivity contribution >= 4 is 88.7 Å². The smallest absolute Gasteiger partial charge is 0.326 e. The van der Waals surface area contributed by atoms with Crippen LogP contribution in [0.4, 0.5) is 0 Å². The summed E-state index contributed by atoms with van der Waals surface area (Å²) in [6, 6.07) is -12.4. The Morgan fingerprint density at radius 1 is 0.326 bits per heavy atom.